The van der Waals surface area contributed by atoms with Crippen LogP contribution in [0.15, 0.2) is 11.4 Å². The Hall–Kier alpha value is -1.19. The highest BCUT2D eigenvalue weighted by Gasteiger charge is 2.26. The zero-order valence-electron chi connectivity index (χ0n) is 11.0. The molecule has 4 nitrogen and oxygen atoms in total. The lowest BCUT2D eigenvalue weighted by atomic mass is 9.90. The van der Waals surface area contributed by atoms with Crippen molar-refractivity contribution in [1.82, 2.24) is 5.32 Å². The van der Waals surface area contributed by atoms with Crippen molar-refractivity contribution in [1.29, 1.82) is 0 Å². The third-order valence-electron chi connectivity index (χ3n) is 3.57. The minimum Gasteiger partial charge on any atom is -0.400 e. The third-order valence-corrected chi connectivity index (χ3v) is 3.57. The number of allylic oxidation sites excluding steroid dienone is 1. The molecule has 0 saturated carbocycles. The van der Waals surface area contributed by atoms with Crippen molar-refractivity contribution < 1.29 is 4.79 Å². The lowest BCUT2D eigenvalue weighted by Crippen LogP contribution is -2.38. The van der Waals surface area contributed by atoms with E-state index in [0.717, 1.165) is 12.8 Å². The van der Waals surface area contributed by atoms with Gasteiger partial charge in [-0.3, -0.25) is 4.79 Å². The van der Waals surface area contributed by atoms with Crippen molar-refractivity contribution in [3.8, 4) is 0 Å². The molecule has 0 aromatic heterocycles. The van der Waals surface area contributed by atoms with E-state index in [-0.39, 0.29) is 17.6 Å². The average molecular weight is 239 g/mol. The maximum absolute atomic E-state index is 11.6. The molecule has 0 radical (unpaired) electrons. The fourth-order valence-electron chi connectivity index (χ4n) is 2.30. The van der Waals surface area contributed by atoms with Gasteiger partial charge in [0.25, 0.3) is 5.91 Å². The van der Waals surface area contributed by atoms with Crippen LogP contribution in [0, 0.1) is 5.92 Å². The summed E-state index contributed by atoms with van der Waals surface area (Å²) in [6.45, 7) is 4.24. The van der Waals surface area contributed by atoms with Crippen molar-refractivity contribution in [2.75, 3.05) is 0 Å². The van der Waals surface area contributed by atoms with Gasteiger partial charge < -0.3 is 16.8 Å². The zero-order chi connectivity index (χ0) is 12.8. The largest absolute Gasteiger partial charge is 0.400 e. The SMILES string of the molecule is CCCCCCC1CC(N)=C(N)C(=O)NC1C. The second-order valence-electron chi connectivity index (χ2n) is 5.01. The molecule has 4 heteroatoms. The molecule has 1 heterocycles. The lowest BCUT2D eigenvalue weighted by Gasteiger charge is -2.22. The van der Waals surface area contributed by atoms with Gasteiger partial charge in [-0.05, 0) is 25.7 Å². The second kappa shape index (κ2) is 6.52. The first-order chi connectivity index (χ1) is 8.06. The fraction of sp³-hybridized carbons (Fsp3) is 0.769. The molecule has 98 valence electrons. The number of amides is 1. The second-order valence-corrected chi connectivity index (χ2v) is 5.01. The summed E-state index contributed by atoms with van der Waals surface area (Å²) >= 11 is 0. The number of hydrogen-bond acceptors (Lipinski definition) is 3. The summed E-state index contributed by atoms with van der Waals surface area (Å²) in [7, 11) is 0. The molecule has 0 aromatic rings. The Balaban J connectivity index is 2.52. The first-order valence-corrected chi connectivity index (χ1v) is 6.61. The Morgan fingerprint density at radius 3 is 2.65 bits per heavy atom. The van der Waals surface area contributed by atoms with E-state index in [9.17, 15) is 4.79 Å². The van der Waals surface area contributed by atoms with E-state index < -0.39 is 0 Å². The molecule has 2 unspecified atom stereocenters. The molecular formula is C13H25N3O. The van der Waals surface area contributed by atoms with Gasteiger partial charge in [0.2, 0.25) is 0 Å². The van der Waals surface area contributed by atoms with Gasteiger partial charge in [-0.25, -0.2) is 0 Å². The first-order valence-electron chi connectivity index (χ1n) is 6.61. The van der Waals surface area contributed by atoms with Gasteiger partial charge in [-0.15, -0.1) is 0 Å². The normalized spacial score (nSPS) is 25.6. The van der Waals surface area contributed by atoms with Gasteiger partial charge >= 0.3 is 0 Å². The maximum Gasteiger partial charge on any atom is 0.269 e. The Labute approximate surface area is 104 Å². The maximum atomic E-state index is 11.6. The quantitative estimate of drug-likeness (QED) is 0.637. The van der Waals surface area contributed by atoms with E-state index >= 15 is 0 Å². The number of unbranched alkanes of at least 4 members (excludes halogenated alkanes) is 3. The van der Waals surface area contributed by atoms with Gasteiger partial charge in [0.1, 0.15) is 5.70 Å². The predicted octanol–water partition coefficient (Wildman–Crippen LogP) is 1.61. The van der Waals surface area contributed by atoms with E-state index in [2.05, 4.69) is 12.2 Å². The van der Waals surface area contributed by atoms with Crippen LogP contribution in [0.2, 0.25) is 0 Å². The molecule has 1 amide bonds. The van der Waals surface area contributed by atoms with Crippen LogP contribution in [0.1, 0.15) is 52.4 Å². The number of rotatable bonds is 5. The van der Waals surface area contributed by atoms with Crippen molar-refractivity contribution in [2.45, 2.75) is 58.4 Å². The van der Waals surface area contributed by atoms with Crippen LogP contribution in [0.25, 0.3) is 0 Å². The van der Waals surface area contributed by atoms with Gasteiger partial charge in [0, 0.05) is 11.7 Å². The smallest absolute Gasteiger partial charge is 0.269 e. The lowest BCUT2D eigenvalue weighted by molar-refractivity contribution is -0.118. The zero-order valence-corrected chi connectivity index (χ0v) is 11.0. The van der Waals surface area contributed by atoms with Crippen molar-refractivity contribution in [2.24, 2.45) is 17.4 Å². The monoisotopic (exact) mass is 239 g/mol. The predicted molar refractivity (Wildman–Crippen MR) is 69.9 cm³/mol. The minimum atomic E-state index is -0.217. The Morgan fingerprint density at radius 2 is 2.00 bits per heavy atom. The third kappa shape index (κ3) is 3.95. The van der Waals surface area contributed by atoms with Crippen LogP contribution < -0.4 is 16.8 Å². The molecule has 1 aliphatic heterocycles. The molecule has 1 aliphatic rings. The highest BCUT2D eigenvalue weighted by Crippen LogP contribution is 2.23. The molecule has 0 aliphatic carbocycles. The van der Waals surface area contributed by atoms with Crippen molar-refractivity contribution >= 4 is 5.91 Å². The van der Waals surface area contributed by atoms with E-state index in [1.165, 1.54) is 25.7 Å². The van der Waals surface area contributed by atoms with Gasteiger partial charge in [0.15, 0.2) is 0 Å². The van der Waals surface area contributed by atoms with E-state index in [1.54, 1.807) is 0 Å². The minimum absolute atomic E-state index is 0.156. The summed E-state index contributed by atoms with van der Waals surface area (Å²) in [6, 6.07) is 0.156. The summed E-state index contributed by atoms with van der Waals surface area (Å²) in [4.78, 5) is 11.6. The highest BCUT2D eigenvalue weighted by atomic mass is 16.2. The molecule has 0 aromatic carbocycles. The molecule has 0 saturated heterocycles. The number of hydrogen-bond donors (Lipinski definition) is 3. The van der Waals surface area contributed by atoms with Crippen LogP contribution in [0.5, 0.6) is 0 Å². The van der Waals surface area contributed by atoms with Gasteiger partial charge in [-0.2, -0.15) is 0 Å². The summed E-state index contributed by atoms with van der Waals surface area (Å²) in [5, 5.41) is 2.91. The molecule has 0 bridgehead atoms. The molecule has 17 heavy (non-hydrogen) atoms. The van der Waals surface area contributed by atoms with Gasteiger partial charge in [0.05, 0.1) is 0 Å². The van der Waals surface area contributed by atoms with Crippen LogP contribution in [-0.4, -0.2) is 11.9 Å². The summed E-state index contributed by atoms with van der Waals surface area (Å²) in [5.74, 6) is 0.197. The highest BCUT2D eigenvalue weighted by molar-refractivity contribution is 5.93. The van der Waals surface area contributed by atoms with Crippen molar-refractivity contribution in [3.05, 3.63) is 11.4 Å². The van der Waals surface area contributed by atoms with E-state index in [0.29, 0.717) is 11.6 Å². The average Bonchev–Trinajstić information content (AvgIpc) is 2.38. The van der Waals surface area contributed by atoms with Crippen molar-refractivity contribution in [3.63, 3.8) is 0 Å². The van der Waals surface area contributed by atoms with Crippen LogP contribution in [0.4, 0.5) is 0 Å². The summed E-state index contributed by atoms with van der Waals surface area (Å²) < 4.78 is 0. The Bertz CT molecular complexity index is 299. The Morgan fingerprint density at radius 1 is 1.29 bits per heavy atom. The van der Waals surface area contributed by atoms with E-state index in [1.807, 2.05) is 6.92 Å². The molecule has 5 N–H and O–H groups in total. The number of nitrogens with one attached hydrogen (secondary N) is 1. The summed E-state index contributed by atoms with van der Waals surface area (Å²) in [5.41, 5.74) is 12.3. The fourth-order valence-corrected chi connectivity index (χ4v) is 2.30. The van der Waals surface area contributed by atoms with Gasteiger partial charge in [-0.1, -0.05) is 32.6 Å². The molecular weight excluding hydrogens is 214 g/mol. The van der Waals surface area contributed by atoms with Crippen LogP contribution in [-0.2, 0) is 4.79 Å². The first kappa shape index (κ1) is 13.9. The molecule has 1 rings (SSSR count). The van der Waals surface area contributed by atoms with Crippen LogP contribution >= 0.6 is 0 Å². The summed E-state index contributed by atoms with van der Waals surface area (Å²) in [6.07, 6.45) is 6.82. The molecule has 0 spiro atoms. The molecule has 0 fully saturated rings. The number of carbonyl (C=O) groups excluding carboxylic acids is 1. The molecule has 2 atom stereocenters. The topological polar surface area (TPSA) is 81.1 Å². The standard InChI is InChI=1S/C13H25N3O/c1-3-4-5-6-7-10-8-11(14)12(15)13(17)16-9(10)2/h9-10H,3-8,14-15H2,1-2H3,(H,16,17). The Kier molecular flexibility index (Phi) is 5.32. The number of carbonyl (C=O) groups is 1. The number of nitrogens with two attached hydrogens (primary N) is 2. The van der Waals surface area contributed by atoms with E-state index in [4.69, 9.17) is 11.5 Å². The van der Waals surface area contributed by atoms with Crippen LogP contribution in [0.3, 0.4) is 0 Å².